The first-order chi connectivity index (χ1) is 9.56. The molecule has 1 aromatic rings. The second-order valence-corrected chi connectivity index (χ2v) is 6.09. The summed E-state index contributed by atoms with van der Waals surface area (Å²) in [5, 5.41) is 0. The van der Waals surface area contributed by atoms with Gasteiger partial charge in [-0.1, -0.05) is 15.9 Å². The number of benzene rings is 1. The average molecular weight is 341 g/mol. The van der Waals surface area contributed by atoms with Crippen LogP contribution in [0.1, 0.15) is 28.8 Å². The van der Waals surface area contributed by atoms with Crippen molar-refractivity contribution in [1.82, 2.24) is 4.90 Å². The van der Waals surface area contributed by atoms with Crippen LogP contribution < -0.4 is 5.73 Å². The highest BCUT2D eigenvalue weighted by Crippen LogP contribution is 2.23. The lowest BCUT2D eigenvalue weighted by Crippen LogP contribution is -2.51. The number of hydrogen-bond acceptors (Lipinski definition) is 3. The van der Waals surface area contributed by atoms with Crippen molar-refractivity contribution < 1.29 is 9.53 Å². The molecule has 1 heterocycles. The number of rotatable bonds is 3. The fourth-order valence-electron chi connectivity index (χ4n) is 2.66. The molecule has 4 nitrogen and oxygen atoms in total. The van der Waals surface area contributed by atoms with E-state index in [1.54, 1.807) is 7.11 Å². The normalized spacial score (nSPS) is 22.9. The number of methoxy groups -OCH3 is 1. The van der Waals surface area contributed by atoms with Crippen molar-refractivity contribution in [3.05, 3.63) is 33.8 Å². The first-order valence-electron chi connectivity index (χ1n) is 6.86. The lowest BCUT2D eigenvalue weighted by Gasteiger charge is -2.38. The fourth-order valence-corrected chi connectivity index (χ4v) is 2.91. The molecule has 20 heavy (non-hydrogen) atoms. The lowest BCUT2D eigenvalue weighted by atomic mass is 9.98. The van der Waals surface area contributed by atoms with E-state index in [1.165, 1.54) is 0 Å². The van der Waals surface area contributed by atoms with E-state index in [2.05, 4.69) is 15.9 Å². The first kappa shape index (κ1) is 15.5. The highest BCUT2D eigenvalue weighted by Gasteiger charge is 2.31. The van der Waals surface area contributed by atoms with Crippen molar-refractivity contribution in [2.75, 3.05) is 20.2 Å². The molecule has 2 rings (SSSR count). The van der Waals surface area contributed by atoms with Crippen LogP contribution in [0.15, 0.2) is 22.7 Å². The molecule has 1 saturated heterocycles. The van der Waals surface area contributed by atoms with Gasteiger partial charge in [-0.2, -0.15) is 0 Å². The highest BCUT2D eigenvalue weighted by molar-refractivity contribution is 9.10. The number of aryl methyl sites for hydroxylation is 1. The van der Waals surface area contributed by atoms with Crippen LogP contribution in [-0.2, 0) is 4.74 Å². The van der Waals surface area contributed by atoms with Gasteiger partial charge in [0.25, 0.3) is 5.91 Å². The van der Waals surface area contributed by atoms with Crippen molar-refractivity contribution in [1.29, 1.82) is 0 Å². The molecule has 110 valence electrons. The zero-order chi connectivity index (χ0) is 14.7. The van der Waals surface area contributed by atoms with E-state index in [1.807, 2.05) is 30.0 Å². The van der Waals surface area contributed by atoms with E-state index in [0.717, 1.165) is 28.4 Å². The van der Waals surface area contributed by atoms with Crippen LogP contribution in [0.3, 0.4) is 0 Å². The zero-order valence-corrected chi connectivity index (χ0v) is 13.5. The van der Waals surface area contributed by atoms with Gasteiger partial charge in [-0.05, 0) is 43.5 Å². The number of piperidine rings is 1. The van der Waals surface area contributed by atoms with E-state index < -0.39 is 0 Å². The van der Waals surface area contributed by atoms with Gasteiger partial charge in [0.05, 0.1) is 6.10 Å². The number of nitrogens with two attached hydrogens (primary N) is 1. The Morgan fingerprint density at radius 3 is 2.90 bits per heavy atom. The van der Waals surface area contributed by atoms with E-state index in [9.17, 15) is 4.79 Å². The molecule has 0 aliphatic carbocycles. The van der Waals surface area contributed by atoms with Gasteiger partial charge in [-0.15, -0.1) is 0 Å². The van der Waals surface area contributed by atoms with Crippen molar-refractivity contribution in [2.45, 2.75) is 31.9 Å². The van der Waals surface area contributed by atoms with Gasteiger partial charge in [0.1, 0.15) is 0 Å². The Morgan fingerprint density at radius 1 is 1.55 bits per heavy atom. The minimum atomic E-state index is 0.0603. The van der Waals surface area contributed by atoms with Crippen LogP contribution in [0.25, 0.3) is 0 Å². The van der Waals surface area contributed by atoms with Crippen LogP contribution in [-0.4, -0.2) is 43.2 Å². The number of ether oxygens (including phenoxy) is 1. The largest absolute Gasteiger partial charge is 0.381 e. The molecule has 0 aromatic heterocycles. The molecular weight excluding hydrogens is 320 g/mol. The van der Waals surface area contributed by atoms with Crippen LogP contribution in [0.5, 0.6) is 0 Å². The van der Waals surface area contributed by atoms with Gasteiger partial charge < -0.3 is 15.4 Å². The number of amides is 1. The topological polar surface area (TPSA) is 55.6 Å². The Morgan fingerprint density at radius 2 is 2.30 bits per heavy atom. The number of hydrogen-bond donors (Lipinski definition) is 1. The van der Waals surface area contributed by atoms with Gasteiger partial charge in [-0.25, -0.2) is 0 Å². The Labute approximate surface area is 128 Å². The molecular formula is C15H21BrN2O2. The summed E-state index contributed by atoms with van der Waals surface area (Å²) in [6.45, 7) is 3.16. The van der Waals surface area contributed by atoms with Gasteiger partial charge >= 0.3 is 0 Å². The summed E-state index contributed by atoms with van der Waals surface area (Å²) in [5.74, 6) is 0.0607. The van der Waals surface area contributed by atoms with E-state index >= 15 is 0 Å². The predicted molar refractivity (Wildman–Crippen MR) is 82.8 cm³/mol. The summed E-state index contributed by atoms with van der Waals surface area (Å²) >= 11 is 3.46. The number of carbonyl (C=O) groups excluding carboxylic acids is 1. The molecule has 1 aromatic carbocycles. The predicted octanol–water partition coefficient (Wildman–Crippen LogP) is 2.34. The number of carbonyl (C=O) groups is 1. The monoisotopic (exact) mass is 340 g/mol. The maximum absolute atomic E-state index is 12.6. The zero-order valence-electron chi connectivity index (χ0n) is 11.9. The first-order valence-corrected chi connectivity index (χ1v) is 7.66. The summed E-state index contributed by atoms with van der Waals surface area (Å²) in [6, 6.07) is 5.75. The molecule has 2 unspecified atom stereocenters. The van der Waals surface area contributed by atoms with Crippen molar-refractivity contribution in [2.24, 2.45) is 5.73 Å². The lowest BCUT2D eigenvalue weighted by molar-refractivity contribution is 0.0139. The van der Waals surface area contributed by atoms with Gasteiger partial charge in [0.2, 0.25) is 0 Å². The third kappa shape index (κ3) is 3.22. The second kappa shape index (κ2) is 6.70. The smallest absolute Gasteiger partial charge is 0.254 e. The molecule has 0 spiro atoms. The minimum absolute atomic E-state index is 0.0603. The number of nitrogens with zero attached hydrogens (tertiary/aromatic N) is 1. The van der Waals surface area contributed by atoms with Crippen molar-refractivity contribution >= 4 is 21.8 Å². The summed E-state index contributed by atoms with van der Waals surface area (Å²) in [6.07, 6.45) is 1.89. The molecule has 2 atom stereocenters. The summed E-state index contributed by atoms with van der Waals surface area (Å²) < 4.78 is 6.41. The van der Waals surface area contributed by atoms with Gasteiger partial charge in [0.15, 0.2) is 0 Å². The molecule has 0 bridgehead atoms. The van der Waals surface area contributed by atoms with Crippen LogP contribution in [0.4, 0.5) is 0 Å². The summed E-state index contributed by atoms with van der Waals surface area (Å²) in [5.41, 5.74) is 7.61. The molecule has 0 saturated carbocycles. The Hall–Kier alpha value is -0.910. The molecule has 1 amide bonds. The standard InChI is InChI=1S/C15H21BrN2O2/c1-10-7-11(3-4-14(10)16)15(19)18-6-5-13(20-2)8-12(18)9-17/h3-4,7,12-13H,5-6,8-9,17H2,1-2H3. The maximum Gasteiger partial charge on any atom is 0.254 e. The SMILES string of the molecule is COC1CCN(C(=O)c2ccc(Br)c(C)c2)C(CN)C1. The van der Waals surface area contributed by atoms with E-state index in [0.29, 0.717) is 13.1 Å². The van der Waals surface area contributed by atoms with Gasteiger partial charge in [-0.3, -0.25) is 4.79 Å². The van der Waals surface area contributed by atoms with Crippen molar-refractivity contribution in [3.8, 4) is 0 Å². The fraction of sp³-hybridized carbons (Fsp3) is 0.533. The average Bonchev–Trinajstić information content (AvgIpc) is 2.48. The van der Waals surface area contributed by atoms with Gasteiger partial charge in [0, 0.05) is 36.3 Å². The Kier molecular flexibility index (Phi) is 5.18. The third-order valence-corrected chi connectivity index (χ3v) is 4.83. The molecule has 2 N–H and O–H groups in total. The van der Waals surface area contributed by atoms with E-state index in [4.69, 9.17) is 10.5 Å². The van der Waals surface area contributed by atoms with Crippen LogP contribution >= 0.6 is 15.9 Å². The van der Waals surface area contributed by atoms with Crippen molar-refractivity contribution in [3.63, 3.8) is 0 Å². The maximum atomic E-state index is 12.6. The number of halogens is 1. The quantitative estimate of drug-likeness (QED) is 0.918. The number of likely N-dealkylation sites (tertiary alicyclic amines) is 1. The molecule has 5 heteroatoms. The Balaban J connectivity index is 2.17. The van der Waals surface area contributed by atoms with Crippen LogP contribution in [0, 0.1) is 6.92 Å². The highest BCUT2D eigenvalue weighted by atomic mass is 79.9. The molecule has 0 radical (unpaired) electrons. The second-order valence-electron chi connectivity index (χ2n) is 5.23. The Bertz CT molecular complexity index is 493. The molecule has 1 fully saturated rings. The summed E-state index contributed by atoms with van der Waals surface area (Å²) in [7, 11) is 1.72. The van der Waals surface area contributed by atoms with Crippen LogP contribution in [0.2, 0.25) is 0 Å². The third-order valence-electron chi connectivity index (χ3n) is 3.94. The summed E-state index contributed by atoms with van der Waals surface area (Å²) in [4.78, 5) is 14.5. The minimum Gasteiger partial charge on any atom is -0.381 e. The molecule has 1 aliphatic rings. The van der Waals surface area contributed by atoms with E-state index in [-0.39, 0.29) is 18.1 Å². The molecule has 1 aliphatic heterocycles.